The summed E-state index contributed by atoms with van der Waals surface area (Å²) in [4.78, 5) is 24.5. The molecule has 1 aromatic carbocycles. The van der Waals surface area contributed by atoms with Crippen molar-refractivity contribution in [1.29, 1.82) is 0 Å². The number of benzene rings is 1. The first-order chi connectivity index (χ1) is 9.70. The maximum absolute atomic E-state index is 12.2. The first kappa shape index (κ1) is 12.7. The molecule has 5 heteroatoms. The van der Waals surface area contributed by atoms with Crippen molar-refractivity contribution in [3.05, 3.63) is 35.4 Å². The average Bonchev–Trinajstić information content (AvgIpc) is 2.74. The SMILES string of the molecule is COc1ccc(NN2C(=O)C3=C(CCCC3)C2=O)cc1. The van der Waals surface area contributed by atoms with Gasteiger partial charge in [-0.25, -0.2) is 0 Å². The van der Waals surface area contributed by atoms with Gasteiger partial charge >= 0.3 is 0 Å². The lowest BCUT2D eigenvalue weighted by Crippen LogP contribution is -2.37. The molecule has 20 heavy (non-hydrogen) atoms. The van der Waals surface area contributed by atoms with E-state index in [1.54, 1.807) is 31.4 Å². The van der Waals surface area contributed by atoms with Gasteiger partial charge in [0.2, 0.25) is 0 Å². The van der Waals surface area contributed by atoms with Crippen LogP contribution in [0.25, 0.3) is 0 Å². The van der Waals surface area contributed by atoms with Crippen LogP contribution in [0.15, 0.2) is 35.4 Å². The van der Waals surface area contributed by atoms with Gasteiger partial charge in [-0.15, -0.1) is 0 Å². The fraction of sp³-hybridized carbons (Fsp3) is 0.333. The molecular formula is C15H16N2O3. The van der Waals surface area contributed by atoms with E-state index in [0.29, 0.717) is 29.7 Å². The van der Waals surface area contributed by atoms with Crippen LogP contribution in [0.4, 0.5) is 5.69 Å². The van der Waals surface area contributed by atoms with Gasteiger partial charge in [-0.2, -0.15) is 5.01 Å². The van der Waals surface area contributed by atoms with Gasteiger partial charge in [-0.3, -0.25) is 15.0 Å². The van der Waals surface area contributed by atoms with Gasteiger partial charge in [0.15, 0.2) is 0 Å². The highest BCUT2D eigenvalue weighted by molar-refractivity contribution is 6.20. The van der Waals surface area contributed by atoms with Crippen molar-refractivity contribution in [2.24, 2.45) is 0 Å². The van der Waals surface area contributed by atoms with Crippen LogP contribution < -0.4 is 10.2 Å². The molecule has 1 N–H and O–H groups in total. The summed E-state index contributed by atoms with van der Waals surface area (Å²) >= 11 is 0. The Balaban J connectivity index is 1.78. The lowest BCUT2D eigenvalue weighted by Gasteiger charge is -2.17. The molecule has 2 aliphatic rings. The Kier molecular flexibility index (Phi) is 3.18. The molecule has 1 aliphatic carbocycles. The summed E-state index contributed by atoms with van der Waals surface area (Å²) < 4.78 is 5.08. The Morgan fingerprint density at radius 1 is 1.00 bits per heavy atom. The first-order valence-electron chi connectivity index (χ1n) is 6.72. The second kappa shape index (κ2) is 5.00. The van der Waals surface area contributed by atoms with E-state index in [9.17, 15) is 9.59 Å². The molecule has 0 spiro atoms. The van der Waals surface area contributed by atoms with Crippen LogP contribution in [0.2, 0.25) is 0 Å². The maximum Gasteiger partial charge on any atom is 0.276 e. The van der Waals surface area contributed by atoms with E-state index in [2.05, 4.69) is 5.43 Å². The molecule has 0 atom stereocenters. The van der Waals surface area contributed by atoms with Gasteiger partial charge in [-0.05, 0) is 49.9 Å². The Morgan fingerprint density at radius 3 is 2.05 bits per heavy atom. The van der Waals surface area contributed by atoms with E-state index >= 15 is 0 Å². The molecule has 1 aliphatic heterocycles. The standard InChI is InChI=1S/C15H16N2O3/c1-20-11-8-6-10(7-9-11)16-17-14(18)12-4-2-3-5-13(12)15(17)19/h6-9,16H,2-5H2,1H3. The van der Waals surface area contributed by atoms with E-state index in [4.69, 9.17) is 4.74 Å². The second-order valence-electron chi connectivity index (χ2n) is 4.95. The highest BCUT2D eigenvalue weighted by Crippen LogP contribution is 2.33. The highest BCUT2D eigenvalue weighted by atomic mass is 16.5. The number of nitrogens with zero attached hydrogens (tertiary/aromatic N) is 1. The zero-order chi connectivity index (χ0) is 14.1. The van der Waals surface area contributed by atoms with E-state index in [0.717, 1.165) is 23.6 Å². The van der Waals surface area contributed by atoms with Gasteiger partial charge < -0.3 is 4.74 Å². The Labute approximate surface area is 117 Å². The van der Waals surface area contributed by atoms with Crippen molar-refractivity contribution in [2.75, 3.05) is 12.5 Å². The van der Waals surface area contributed by atoms with E-state index < -0.39 is 0 Å². The molecule has 0 fully saturated rings. The molecule has 1 aromatic rings. The number of hydrazine groups is 1. The number of methoxy groups -OCH3 is 1. The number of nitrogens with one attached hydrogen (secondary N) is 1. The summed E-state index contributed by atoms with van der Waals surface area (Å²) in [6.45, 7) is 0. The van der Waals surface area contributed by atoms with Crippen molar-refractivity contribution in [1.82, 2.24) is 5.01 Å². The van der Waals surface area contributed by atoms with Crippen LogP contribution in [0, 0.1) is 0 Å². The number of imide groups is 1. The predicted octanol–water partition coefficient (Wildman–Crippen LogP) is 2.26. The van der Waals surface area contributed by atoms with Crippen molar-refractivity contribution in [3.8, 4) is 5.75 Å². The van der Waals surface area contributed by atoms with Crippen LogP contribution >= 0.6 is 0 Å². The number of carbonyl (C=O) groups excluding carboxylic acids is 2. The summed E-state index contributed by atoms with van der Waals surface area (Å²) in [6.07, 6.45) is 3.38. The van der Waals surface area contributed by atoms with Gasteiger partial charge in [0, 0.05) is 11.1 Å². The smallest absolute Gasteiger partial charge is 0.276 e. The molecular weight excluding hydrogens is 256 g/mol. The third kappa shape index (κ3) is 2.05. The molecule has 3 rings (SSSR count). The topological polar surface area (TPSA) is 58.6 Å². The van der Waals surface area contributed by atoms with E-state index in [-0.39, 0.29) is 11.8 Å². The Bertz CT molecular complexity index is 562. The predicted molar refractivity (Wildman–Crippen MR) is 74.0 cm³/mol. The Morgan fingerprint density at radius 2 is 1.55 bits per heavy atom. The first-order valence-corrected chi connectivity index (χ1v) is 6.72. The van der Waals surface area contributed by atoms with E-state index in [1.807, 2.05) is 0 Å². The monoisotopic (exact) mass is 272 g/mol. The number of hydrogen-bond donors (Lipinski definition) is 1. The molecule has 0 saturated heterocycles. The minimum Gasteiger partial charge on any atom is -0.497 e. The maximum atomic E-state index is 12.2. The third-order valence-electron chi connectivity index (χ3n) is 3.72. The van der Waals surface area contributed by atoms with Crippen molar-refractivity contribution < 1.29 is 14.3 Å². The van der Waals surface area contributed by atoms with E-state index in [1.165, 1.54) is 0 Å². The van der Waals surface area contributed by atoms with Crippen molar-refractivity contribution >= 4 is 17.5 Å². The second-order valence-corrected chi connectivity index (χ2v) is 4.95. The number of anilines is 1. The number of hydrogen-bond acceptors (Lipinski definition) is 4. The quantitative estimate of drug-likeness (QED) is 0.857. The fourth-order valence-corrected chi connectivity index (χ4v) is 2.64. The van der Waals surface area contributed by atoms with Gasteiger partial charge in [-0.1, -0.05) is 0 Å². The molecule has 104 valence electrons. The van der Waals surface area contributed by atoms with Gasteiger partial charge in [0.25, 0.3) is 11.8 Å². The fourth-order valence-electron chi connectivity index (χ4n) is 2.64. The zero-order valence-corrected chi connectivity index (χ0v) is 11.3. The van der Waals surface area contributed by atoms with Crippen molar-refractivity contribution in [3.63, 3.8) is 0 Å². The minimum atomic E-state index is -0.208. The number of carbonyl (C=O) groups is 2. The van der Waals surface area contributed by atoms with Crippen LogP contribution in [-0.4, -0.2) is 23.9 Å². The molecule has 2 amide bonds. The molecule has 0 radical (unpaired) electrons. The summed E-state index contributed by atoms with van der Waals surface area (Å²) in [7, 11) is 1.59. The molecule has 0 unspecified atom stereocenters. The number of amides is 2. The summed E-state index contributed by atoms with van der Waals surface area (Å²) in [6, 6.07) is 7.11. The normalized spacial score (nSPS) is 18.4. The molecule has 0 bridgehead atoms. The highest BCUT2D eigenvalue weighted by Gasteiger charge is 2.39. The molecule has 1 heterocycles. The van der Waals surface area contributed by atoms with Gasteiger partial charge in [0.1, 0.15) is 5.75 Å². The number of rotatable bonds is 3. The zero-order valence-electron chi connectivity index (χ0n) is 11.3. The van der Waals surface area contributed by atoms with Crippen LogP contribution in [0.5, 0.6) is 5.75 Å². The summed E-state index contributed by atoms with van der Waals surface area (Å²) in [5.41, 5.74) is 4.94. The average molecular weight is 272 g/mol. The lowest BCUT2D eigenvalue weighted by atomic mass is 9.93. The van der Waals surface area contributed by atoms with Crippen molar-refractivity contribution in [2.45, 2.75) is 25.7 Å². The van der Waals surface area contributed by atoms with Gasteiger partial charge in [0.05, 0.1) is 12.8 Å². The van der Waals surface area contributed by atoms with Crippen LogP contribution in [-0.2, 0) is 9.59 Å². The summed E-state index contributed by atoms with van der Waals surface area (Å²) in [5, 5.41) is 1.12. The third-order valence-corrected chi connectivity index (χ3v) is 3.72. The molecule has 0 saturated carbocycles. The molecule has 5 nitrogen and oxygen atoms in total. The molecule has 0 aromatic heterocycles. The number of ether oxygens (including phenoxy) is 1. The van der Waals surface area contributed by atoms with Crippen LogP contribution in [0.3, 0.4) is 0 Å². The summed E-state index contributed by atoms with van der Waals surface area (Å²) in [5.74, 6) is 0.313. The lowest BCUT2D eigenvalue weighted by molar-refractivity contribution is -0.136. The Hall–Kier alpha value is -2.30. The minimum absolute atomic E-state index is 0.208. The largest absolute Gasteiger partial charge is 0.497 e. The van der Waals surface area contributed by atoms with Crippen LogP contribution in [0.1, 0.15) is 25.7 Å².